The van der Waals surface area contributed by atoms with Gasteiger partial charge >= 0.3 is 5.63 Å². The Morgan fingerprint density at radius 2 is 2.27 bits per heavy atom. The monoisotopic (exact) mass is 296 g/mol. The molecule has 2 aromatic rings. The lowest BCUT2D eigenvalue weighted by Crippen LogP contribution is -2.14. The molecule has 3 aliphatic rings. The molecule has 5 heteroatoms. The van der Waals surface area contributed by atoms with E-state index < -0.39 is 0 Å². The highest BCUT2D eigenvalue weighted by Gasteiger charge is 2.41. The van der Waals surface area contributed by atoms with E-state index in [1.807, 2.05) is 24.3 Å². The lowest BCUT2D eigenvalue weighted by Gasteiger charge is -2.12. The number of fused-ring (bicyclic) bond motifs is 7. The molecule has 2 unspecified atom stereocenters. The van der Waals surface area contributed by atoms with E-state index in [1.54, 1.807) is 13.4 Å². The van der Waals surface area contributed by atoms with Crippen LogP contribution in [0.2, 0.25) is 0 Å². The number of benzene rings is 1. The standard InChI is InChI=1S/C17H12O5/c1-19-11-7-12-14(10-5-6-20-17(10)21-12)15-13(11)8-3-2-4-9(8)16(18)22-15/h2,4-7,10,17H,3H2,1H3. The molecule has 0 bridgehead atoms. The first-order valence-electron chi connectivity index (χ1n) is 7.14. The minimum absolute atomic E-state index is 0.0565. The number of ether oxygens (including phenoxy) is 3. The molecular weight excluding hydrogens is 284 g/mol. The van der Waals surface area contributed by atoms with Crippen LogP contribution in [0, 0.1) is 0 Å². The Morgan fingerprint density at radius 1 is 1.36 bits per heavy atom. The molecule has 22 heavy (non-hydrogen) atoms. The molecule has 2 atom stereocenters. The second kappa shape index (κ2) is 3.94. The summed E-state index contributed by atoms with van der Waals surface area (Å²) in [4.78, 5) is 12.3. The summed E-state index contributed by atoms with van der Waals surface area (Å²) >= 11 is 0. The fourth-order valence-electron chi connectivity index (χ4n) is 3.52. The van der Waals surface area contributed by atoms with Crippen molar-refractivity contribution in [3.8, 4) is 11.5 Å². The summed E-state index contributed by atoms with van der Waals surface area (Å²) in [5.41, 5.74) is 2.65. The molecule has 0 radical (unpaired) electrons. The predicted molar refractivity (Wildman–Crippen MR) is 79.2 cm³/mol. The van der Waals surface area contributed by atoms with Gasteiger partial charge in [-0.2, -0.15) is 0 Å². The van der Waals surface area contributed by atoms with Gasteiger partial charge in [0, 0.05) is 6.07 Å². The molecule has 0 N–H and O–H groups in total. The van der Waals surface area contributed by atoms with Crippen LogP contribution in [0.25, 0.3) is 17.0 Å². The summed E-state index contributed by atoms with van der Waals surface area (Å²) in [7, 11) is 1.60. The van der Waals surface area contributed by atoms with Gasteiger partial charge in [0.05, 0.1) is 35.8 Å². The van der Waals surface area contributed by atoms with Crippen LogP contribution in [0.3, 0.4) is 0 Å². The Labute approximate surface area is 125 Å². The van der Waals surface area contributed by atoms with Crippen molar-refractivity contribution >= 4 is 17.0 Å². The minimum atomic E-state index is -0.387. The summed E-state index contributed by atoms with van der Waals surface area (Å²) in [5, 5.41) is 0.852. The lowest BCUT2D eigenvalue weighted by atomic mass is 9.95. The van der Waals surface area contributed by atoms with Gasteiger partial charge in [-0.15, -0.1) is 0 Å². The number of methoxy groups -OCH3 is 1. The Hall–Kier alpha value is -2.69. The Morgan fingerprint density at radius 3 is 3.14 bits per heavy atom. The topological polar surface area (TPSA) is 57.9 Å². The Balaban J connectivity index is 1.94. The first-order valence-corrected chi connectivity index (χ1v) is 7.14. The van der Waals surface area contributed by atoms with Gasteiger partial charge in [-0.1, -0.05) is 12.2 Å². The van der Waals surface area contributed by atoms with Gasteiger partial charge < -0.3 is 18.6 Å². The highest BCUT2D eigenvalue weighted by atomic mass is 16.7. The second-order valence-corrected chi connectivity index (χ2v) is 5.56. The van der Waals surface area contributed by atoms with Crippen LogP contribution in [0.15, 0.2) is 33.7 Å². The zero-order valence-electron chi connectivity index (χ0n) is 11.8. The SMILES string of the molecule is COc1cc2c(c3oc(=O)c4c(c13)CC=C4)C1C=COC1O2. The van der Waals surface area contributed by atoms with Crippen LogP contribution >= 0.6 is 0 Å². The van der Waals surface area contributed by atoms with E-state index in [-0.39, 0.29) is 17.8 Å². The van der Waals surface area contributed by atoms with E-state index in [4.69, 9.17) is 18.6 Å². The molecule has 0 amide bonds. The molecule has 0 saturated heterocycles. The van der Waals surface area contributed by atoms with Crippen LogP contribution in [0.5, 0.6) is 11.5 Å². The molecule has 0 spiro atoms. The van der Waals surface area contributed by atoms with E-state index in [9.17, 15) is 4.79 Å². The maximum atomic E-state index is 12.3. The molecule has 1 aromatic carbocycles. The molecule has 110 valence electrons. The van der Waals surface area contributed by atoms with Gasteiger partial charge in [0.2, 0.25) is 0 Å². The quantitative estimate of drug-likeness (QED) is 0.757. The molecule has 0 saturated carbocycles. The highest BCUT2D eigenvalue weighted by molar-refractivity contribution is 5.95. The zero-order valence-corrected chi connectivity index (χ0v) is 11.8. The van der Waals surface area contributed by atoms with Crippen molar-refractivity contribution in [3.63, 3.8) is 0 Å². The predicted octanol–water partition coefficient (Wildman–Crippen LogP) is 2.72. The highest BCUT2D eigenvalue weighted by Crippen LogP contribution is 2.49. The van der Waals surface area contributed by atoms with Crippen LogP contribution < -0.4 is 15.1 Å². The number of hydrogen-bond acceptors (Lipinski definition) is 5. The van der Waals surface area contributed by atoms with E-state index in [0.717, 1.165) is 16.5 Å². The largest absolute Gasteiger partial charge is 0.496 e. The van der Waals surface area contributed by atoms with Crippen LogP contribution in [-0.4, -0.2) is 13.4 Å². The average molecular weight is 296 g/mol. The van der Waals surface area contributed by atoms with Crippen molar-refractivity contribution in [3.05, 3.63) is 51.6 Å². The number of hydrogen-bond donors (Lipinski definition) is 0. The summed E-state index contributed by atoms with van der Waals surface area (Å²) in [6.07, 6.45) is 7.64. The minimum Gasteiger partial charge on any atom is -0.496 e. The van der Waals surface area contributed by atoms with Gasteiger partial charge in [-0.25, -0.2) is 4.79 Å². The van der Waals surface area contributed by atoms with E-state index in [2.05, 4.69) is 0 Å². The Kier molecular flexibility index (Phi) is 2.13. The molecule has 1 aromatic heterocycles. The van der Waals surface area contributed by atoms with Crippen LogP contribution in [0.1, 0.15) is 22.6 Å². The summed E-state index contributed by atoms with van der Waals surface area (Å²) in [6.45, 7) is 0. The van der Waals surface area contributed by atoms with Gasteiger partial charge in [-0.05, 0) is 18.1 Å². The van der Waals surface area contributed by atoms with E-state index >= 15 is 0 Å². The first kappa shape index (κ1) is 11.9. The lowest BCUT2D eigenvalue weighted by molar-refractivity contribution is -0.00484. The molecule has 3 heterocycles. The summed E-state index contributed by atoms with van der Waals surface area (Å²) < 4.78 is 22.4. The number of rotatable bonds is 1. The fourth-order valence-corrected chi connectivity index (χ4v) is 3.52. The summed E-state index contributed by atoms with van der Waals surface area (Å²) in [6, 6.07) is 1.85. The van der Waals surface area contributed by atoms with Crippen molar-refractivity contribution < 1.29 is 18.6 Å². The molecular formula is C17H12O5. The van der Waals surface area contributed by atoms with Gasteiger partial charge in [0.15, 0.2) is 0 Å². The van der Waals surface area contributed by atoms with Crippen molar-refractivity contribution in [1.82, 2.24) is 0 Å². The zero-order chi connectivity index (χ0) is 14.8. The van der Waals surface area contributed by atoms with Crippen molar-refractivity contribution in [2.24, 2.45) is 0 Å². The van der Waals surface area contributed by atoms with E-state index in [0.29, 0.717) is 29.1 Å². The maximum Gasteiger partial charge on any atom is 0.343 e. The van der Waals surface area contributed by atoms with Gasteiger partial charge in [-0.3, -0.25) is 0 Å². The van der Waals surface area contributed by atoms with Gasteiger partial charge in [0.1, 0.15) is 17.1 Å². The molecule has 5 rings (SSSR count). The third kappa shape index (κ3) is 1.31. The van der Waals surface area contributed by atoms with Crippen LogP contribution in [0.4, 0.5) is 0 Å². The smallest absolute Gasteiger partial charge is 0.343 e. The van der Waals surface area contributed by atoms with E-state index in [1.165, 1.54) is 0 Å². The number of allylic oxidation sites excluding steroid dienone is 1. The normalized spacial score (nSPS) is 23.1. The Bertz CT molecular complexity index is 934. The molecule has 0 fully saturated rings. The van der Waals surface area contributed by atoms with Crippen LogP contribution in [-0.2, 0) is 11.2 Å². The molecule has 2 aliphatic heterocycles. The fraction of sp³-hybridized carbons (Fsp3) is 0.235. The van der Waals surface area contributed by atoms with Crippen molar-refractivity contribution in [2.45, 2.75) is 18.6 Å². The molecule has 5 nitrogen and oxygen atoms in total. The average Bonchev–Trinajstić information content (AvgIpc) is 3.20. The van der Waals surface area contributed by atoms with Crippen molar-refractivity contribution in [2.75, 3.05) is 7.11 Å². The summed E-state index contributed by atoms with van der Waals surface area (Å²) in [5.74, 6) is 1.25. The van der Waals surface area contributed by atoms with Crippen molar-refractivity contribution in [1.29, 1.82) is 0 Å². The second-order valence-electron chi connectivity index (χ2n) is 5.56. The maximum absolute atomic E-state index is 12.3. The first-order chi connectivity index (χ1) is 10.8. The third-order valence-corrected chi connectivity index (χ3v) is 4.48. The molecule has 1 aliphatic carbocycles. The third-order valence-electron chi connectivity index (χ3n) is 4.48. The van der Waals surface area contributed by atoms with Gasteiger partial charge in [0.25, 0.3) is 6.29 Å².